The standard InChI is InChI=1S/C10H12ClN3O2/c11-9-8(5-7(12)6-13-9)10(15)14-1-3-16-4-2-14/h5-6H,1-4,12H2. The Morgan fingerprint density at radius 2 is 2.19 bits per heavy atom. The van der Waals surface area contributed by atoms with Crippen LogP contribution in [-0.4, -0.2) is 42.1 Å². The van der Waals surface area contributed by atoms with Gasteiger partial charge in [-0.05, 0) is 6.07 Å². The molecule has 5 nitrogen and oxygen atoms in total. The van der Waals surface area contributed by atoms with E-state index in [0.29, 0.717) is 37.6 Å². The highest BCUT2D eigenvalue weighted by atomic mass is 35.5. The van der Waals surface area contributed by atoms with Crippen LogP contribution >= 0.6 is 11.6 Å². The maximum atomic E-state index is 12.1. The number of hydrogen-bond donors (Lipinski definition) is 1. The lowest BCUT2D eigenvalue weighted by molar-refractivity contribution is 0.0303. The molecule has 0 aromatic carbocycles. The van der Waals surface area contributed by atoms with Crippen molar-refractivity contribution in [3.8, 4) is 0 Å². The summed E-state index contributed by atoms with van der Waals surface area (Å²) < 4.78 is 5.17. The molecule has 0 saturated carbocycles. The molecule has 1 aromatic rings. The second kappa shape index (κ2) is 4.67. The first-order valence-electron chi connectivity index (χ1n) is 4.96. The number of nitrogens with zero attached hydrogens (tertiary/aromatic N) is 2. The molecule has 0 atom stereocenters. The molecule has 0 spiro atoms. The molecule has 2 N–H and O–H groups in total. The van der Waals surface area contributed by atoms with Gasteiger partial charge in [0.2, 0.25) is 0 Å². The molecule has 86 valence electrons. The Balaban J connectivity index is 2.22. The van der Waals surface area contributed by atoms with Crippen molar-refractivity contribution < 1.29 is 9.53 Å². The van der Waals surface area contributed by atoms with Crippen LogP contribution in [0, 0.1) is 0 Å². The summed E-state index contributed by atoms with van der Waals surface area (Å²) >= 11 is 5.86. The topological polar surface area (TPSA) is 68.5 Å². The Kier molecular flexibility index (Phi) is 3.26. The van der Waals surface area contributed by atoms with E-state index in [4.69, 9.17) is 22.1 Å². The molecular formula is C10H12ClN3O2. The van der Waals surface area contributed by atoms with Gasteiger partial charge in [-0.25, -0.2) is 4.98 Å². The first-order chi connectivity index (χ1) is 7.68. The molecule has 6 heteroatoms. The first-order valence-corrected chi connectivity index (χ1v) is 5.34. The predicted octanol–water partition coefficient (Wildman–Crippen LogP) is 0.790. The summed E-state index contributed by atoms with van der Waals surface area (Å²) in [4.78, 5) is 17.6. The highest BCUT2D eigenvalue weighted by Crippen LogP contribution is 2.18. The van der Waals surface area contributed by atoms with E-state index < -0.39 is 0 Å². The number of carbonyl (C=O) groups excluding carboxylic acids is 1. The third-order valence-corrected chi connectivity index (χ3v) is 2.69. The molecule has 0 radical (unpaired) electrons. The Labute approximate surface area is 98.1 Å². The molecule has 2 heterocycles. The fourth-order valence-corrected chi connectivity index (χ4v) is 1.74. The van der Waals surface area contributed by atoms with Gasteiger partial charge in [-0.3, -0.25) is 4.79 Å². The molecule has 1 aliphatic heterocycles. The lowest BCUT2D eigenvalue weighted by atomic mass is 10.2. The zero-order valence-corrected chi connectivity index (χ0v) is 9.41. The van der Waals surface area contributed by atoms with Crippen molar-refractivity contribution in [2.24, 2.45) is 0 Å². The van der Waals surface area contributed by atoms with Crippen molar-refractivity contribution in [2.45, 2.75) is 0 Å². The second-order valence-electron chi connectivity index (χ2n) is 3.51. The Hall–Kier alpha value is -1.33. The quantitative estimate of drug-likeness (QED) is 0.738. The minimum absolute atomic E-state index is 0.145. The molecular weight excluding hydrogens is 230 g/mol. The SMILES string of the molecule is Nc1cnc(Cl)c(C(=O)N2CCOCC2)c1. The molecule has 0 unspecified atom stereocenters. The van der Waals surface area contributed by atoms with Crippen molar-refractivity contribution >= 4 is 23.2 Å². The van der Waals surface area contributed by atoms with E-state index in [1.54, 1.807) is 11.0 Å². The zero-order valence-electron chi connectivity index (χ0n) is 8.65. The molecule has 1 aromatic heterocycles. The largest absolute Gasteiger partial charge is 0.397 e. The molecule has 0 aliphatic carbocycles. The van der Waals surface area contributed by atoms with Gasteiger partial charge >= 0.3 is 0 Å². The number of hydrogen-bond acceptors (Lipinski definition) is 4. The van der Waals surface area contributed by atoms with Crippen LogP contribution < -0.4 is 5.73 Å². The van der Waals surface area contributed by atoms with Gasteiger partial charge in [-0.2, -0.15) is 0 Å². The van der Waals surface area contributed by atoms with Crippen LogP contribution in [0.5, 0.6) is 0 Å². The monoisotopic (exact) mass is 241 g/mol. The van der Waals surface area contributed by atoms with E-state index in [9.17, 15) is 4.79 Å². The van der Waals surface area contributed by atoms with Gasteiger partial charge in [-0.15, -0.1) is 0 Å². The highest BCUT2D eigenvalue weighted by molar-refractivity contribution is 6.32. The van der Waals surface area contributed by atoms with Crippen LogP contribution in [-0.2, 0) is 4.74 Å². The average Bonchev–Trinajstić information content (AvgIpc) is 2.32. The summed E-state index contributed by atoms with van der Waals surface area (Å²) in [7, 11) is 0. The normalized spacial score (nSPS) is 16.2. The van der Waals surface area contributed by atoms with Crippen LogP contribution in [0.15, 0.2) is 12.3 Å². The first kappa shape index (κ1) is 11.2. The third kappa shape index (κ3) is 2.25. The van der Waals surface area contributed by atoms with Crippen LogP contribution in [0.1, 0.15) is 10.4 Å². The van der Waals surface area contributed by atoms with Gasteiger partial charge in [0.25, 0.3) is 5.91 Å². The summed E-state index contributed by atoms with van der Waals surface area (Å²) in [6, 6.07) is 1.55. The van der Waals surface area contributed by atoms with Gasteiger partial charge in [0.05, 0.1) is 30.7 Å². The van der Waals surface area contributed by atoms with Crippen molar-refractivity contribution in [2.75, 3.05) is 32.0 Å². The minimum Gasteiger partial charge on any atom is -0.397 e. The van der Waals surface area contributed by atoms with Crippen LogP contribution in [0.25, 0.3) is 0 Å². The molecule has 1 amide bonds. The van der Waals surface area contributed by atoms with E-state index in [0.717, 1.165) is 0 Å². The average molecular weight is 242 g/mol. The van der Waals surface area contributed by atoms with Gasteiger partial charge in [0.15, 0.2) is 0 Å². The fourth-order valence-electron chi connectivity index (χ4n) is 1.55. The summed E-state index contributed by atoms with van der Waals surface area (Å²) in [5, 5.41) is 0.186. The number of morpholine rings is 1. The van der Waals surface area contributed by atoms with Gasteiger partial charge in [0, 0.05) is 13.1 Å². The number of ether oxygens (including phenoxy) is 1. The summed E-state index contributed by atoms with van der Waals surface area (Å²) in [6.07, 6.45) is 1.43. The van der Waals surface area contributed by atoms with Crippen molar-refractivity contribution in [1.29, 1.82) is 0 Å². The molecule has 0 bridgehead atoms. The number of carbonyl (C=O) groups is 1. The summed E-state index contributed by atoms with van der Waals surface area (Å²) in [5.41, 5.74) is 6.36. The Morgan fingerprint density at radius 1 is 1.50 bits per heavy atom. The summed E-state index contributed by atoms with van der Waals surface area (Å²) in [5.74, 6) is -0.145. The van der Waals surface area contributed by atoms with E-state index >= 15 is 0 Å². The van der Waals surface area contributed by atoms with Gasteiger partial charge < -0.3 is 15.4 Å². The minimum atomic E-state index is -0.145. The van der Waals surface area contributed by atoms with Crippen LogP contribution in [0.2, 0.25) is 5.15 Å². The number of amides is 1. The number of aromatic nitrogens is 1. The van der Waals surface area contributed by atoms with Crippen molar-refractivity contribution in [1.82, 2.24) is 9.88 Å². The Morgan fingerprint density at radius 3 is 2.88 bits per heavy atom. The van der Waals surface area contributed by atoms with E-state index in [-0.39, 0.29) is 11.1 Å². The summed E-state index contributed by atoms with van der Waals surface area (Å²) in [6.45, 7) is 2.26. The second-order valence-corrected chi connectivity index (χ2v) is 3.87. The van der Waals surface area contributed by atoms with Crippen LogP contribution in [0.4, 0.5) is 5.69 Å². The zero-order chi connectivity index (χ0) is 11.5. The molecule has 2 rings (SSSR count). The number of anilines is 1. The maximum absolute atomic E-state index is 12.1. The smallest absolute Gasteiger partial charge is 0.257 e. The van der Waals surface area contributed by atoms with Gasteiger partial charge in [-0.1, -0.05) is 11.6 Å². The Bertz CT molecular complexity index is 405. The maximum Gasteiger partial charge on any atom is 0.257 e. The van der Waals surface area contributed by atoms with Crippen molar-refractivity contribution in [3.05, 3.63) is 23.0 Å². The highest BCUT2D eigenvalue weighted by Gasteiger charge is 2.21. The number of pyridine rings is 1. The number of nitrogens with two attached hydrogens (primary N) is 1. The van der Waals surface area contributed by atoms with Crippen molar-refractivity contribution in [3.63, 3.8) is 0 Å². The third-order valence-electron chi connectivity index (χ3n) is 2.39. The van der Waals surface area contributed by atoms with Gasteiger partial charge in [0.1, 0.15) is 5.15 Å². The fraction of sp³-hybridized carbons (Fsp3) is 0.400. The molecule has 16 heavy (non-hydrogen) atoms. The van der Waals surface area contributed by atoms with Crippen LogP contribution in [0.3, 0.4) is 0 Å². The number of rotatable bonds is 1. The predicted molar refractivity (Wildman–Crippen MR) is 60.4 cm³/mol. The van der Waals surface area contributed by atoms with E-state index in [1.807, 2.05) is 0 Å². The molecule has 1 saturated heterocycles. The molecule has 1 aliphatic rings. The number of nitrogen functional groups attached to an aromatic ring is 1. The molecule has 1 fully saturated rings. The lowest BCUT2D eigenvalue weighted by Gasteiger charge is -2.27. The lowest BCUT2D eigenvalue weighted by Crippen LogP contribution is -2.40. The van der Waals surface area contributed by atoms with E-state index in [2.05, 4.69) is 4.98 Å². The van der Waals surface area contributed by atoms with E-state index in [1.165, 1.54) is 6.20 Å². The number of halogens is 1.